The fraction of sp³-hybridized carbons (Fsp3) is 0.267. The summed E-state index contributed by atoms with van der Waals surface area (Å²) in [6.45, 7) is 3.83. The summed E-state index contributed by atoms with van der Waals surface area (Å²) in [5.41, 5.74) is 1.18. The number of carbonyl (C=O) groups excluding carboxylic acids is 1. The molecule has 3 aromatic rings. The number of hydrogen-bond acceptors (Lipinski definition) is 4. The summed E-state index contributed by atoms with van der Waals surface area (Å²) in [5, 5.41) is 5.44. The van der Waals surface area contributed by atoms with Crippen LogP contribution in [0.1, 0.15) is 40.4 Å². The number of carbonyl (C=O) groups is 1. The van der Waals surface area contributed by atoms with Crippen LogP contribution in [0.5, 0.6) is 0 Å². The lowest BCUT2D eigenvalue weighted by molar-refractivity contribution is 0.0926. The molecule has 0 aromatic carbocycles. The molecule has 3 heterocycles. The number of aryl methyl sites for hydroxylation is 1. The second kappa shape index (κ2) is 5.84. The molecular weight excluding hydrogens is 303 g/mol. The van der Waals surface area contributed by atoms with E-state index in [0.29, 0.717) is 12.1 Å². The van der Waals surface area contributed by atoms with Crippen LogP contribution in [0.2, 0.25) is 0 Å². The smallest absolute Gasteiger partial charge is 0.275 e. The summed E-state index contributed by atoms with van der Waals surface area (Å²) in [6.07, 6.45) is 3.93. The first-order chi connectivity index (χ1) is 10.6. The molecule has 0 radical (unpaired) electrons. The van der Waals surface area contributed by atoms with Gasteiger partial charge in [-0.25, -0.2) is 9.97 Å². The number of pyridine rings is 1. The molecule has 0 spiro atoms. The number of nitrogens with zero attached hydrogens (tertiary/aromatic N) is 3. The van der Waals surface area contributed by atoms with Gasteiger partial charge in [0.25, 0.3) is 5.91 Å². The van der Waals surface area contributed by atoms with E-state index in [4.69, 9.17) is 0 Å². The quantitative estimate of drug-likeness (QED) is 0.804. The predicted octanol–water partition coefficient (Wildman–Crippen LogP) is 3.12. The Labute approximate surface area is 130 Å². The molecule has 3 aromatic heterocycles. The van der Waals surface area contributed by atoms with Gasteiger partial charge in [0.05, 0.1) is 6.04 Å². The van der Waals surface area contributed by atoms with Crippen molar-refractivity contribution in [1.29, 1.82) is 0 Å². The van der Waals surface area contributed by atoms with E-state index in [1.807, 2.05) is 19.2 Å². The van der Waals surface area contributed by atoms with Crippen LogP contribution in [0.15, 0.2) is 29.9 Å². The minimum absolute atomic E-state index is 0.194. The van der Waals surface area contributed by atoms with Crippen molar-refractivity contribution in [3.05, 3.63) is 52.1 Å². The molecule has 1 atom stereocenters. The molecule has 0 aliphatic heterocycles. The Morgan fingerprint density at radius 1 is 1.55 bits per heavy atom. The summed E-state index contributed by atoms with van der Waals surface area (Å²) >= 11 is 1.46. The van der Waals surface area contributed by atoms with Crippen LogP contribution in [0, 0.1) is 12.9 Å². The van der Waals surface area contributed by atoms with Crippen molar-refractivity contribution < 1.29 is 9.18 Å². The minimum Gasteiger partial charge on any atom is -0.341 e. The lowest BCUT2D eigenvalue weighted by Crippen LogP contribution is -2.29. The van der Waals surface area contributed by atoms with Crippen LogP contribution in [0.3, 0.4) is 0 Å². The lowest BCUT2D eigenvalue weighted by atomic mass is 10.2. The molecule has 1 amide bonds. The monoisotopic (exact) mass is 318 g/mol. The van der Waals surface area contributed by atoms with E-state index < -0.39 is 11.9 Å². The molecule has 5 nitrogen and oxygen atoms in total. The first kappa shape index (κ1) is 14.6. The van der Waals surface area contributed by atoms with Gasteiger partial charge in [-0.1, -0.05) is 6.92 Å². The predicted molar refractivity (Wildman–Crippen MR) is 82.5 cm³/mol. The molecule has 22 heavy (non-hydrogen) atoms. The summed E-state index contributed by atoms with van der Waals surface area (Å²) in [4.78, 5) is 20.6. The van der Waals surface area contributed by atoms with E-state index in [-0.39, 0.29) is 11.7 Å². The van der Waals surface area contributed by atoms with E-state index >= 15 is 0 Å². The number of hydrogen-bond donors (Lipinski definition) is 1. The summed E-state index contributed by atoms with van der Waals surface area (Å²) in [7, 11) is 0. The van der Waals surface area contributed by atoms with Gasteiger partial charge >= 0.3 is 0 Å². The second-order valence-electron chi connectivity index (χ2n) is 4.99. The van der Waals surface area contributed by atoms with Crippen LogP contribution in [-0.2, 0) is 0 Å². The molecule has 0 aliphatic rings. The normalized spacial score (nSPS) is 12.5. The molecule has 1 N–H and O–H groups in total. The standard InChI is InChI=1S/C15H15FN4OS/c1-3-10(15-17-5-7-22-15)18-14(21)12-13(16)20-6-4-9(2)8-11(20)19-12/h4-8,10H,3H2,1-2H3,(H,18,21)/t10-/m1/s1. The molecule has 7 heteroatoms. The van der Waals surface area contributed by atoms with Gasteiger partial charge in [-0.15, -0.1) is 11.3 Å². The number of rotatable bonds is 4. The Morgan fingerprint density at radius 2 is 2.36 bits per heavy atom. The number of fused-ring (bicyclic) bond motifs is 1. The molecule has 3 rings (SSSR count). The SMILES string of the molecule is CC[C@@H](NC(=O)c1nc2cc(C)ccn2c1F)c1nccs1. The van der Waals surface area contributed by atoms with Gasteiger partial charge in [0.15, 0.2) is 5.69 Å². The van der Waals surface area contributed by atoms with Crippen LogP contribution in [0.4, 0.5) is 4.39 Å². The second-order valence-corrected chi connectivity index (χ2v) is 5.91. The van der Waals surface area contributed by atoms with Crippen molar-refractivity contribution in [3.8, 4) is 0 Å². The Hall–Kier alpha value is -2.28. The molecule has 0 fully saturated rings. The topological polar surface area (TPSA) is 59.3 Å². The zero-order valence-electron chi connectivity index (χ0n) is 12.2. The Bertz CT molecular complexity index is 812. The fourth-order valence-corrected chi connectivity index (χ4v) is 3.01. The van der Waals surface area contributed by atoms with Crippen molar-refractivity contribution in [2.45, 2.75) is 26.3 Å². The van der Waals surface area contributed by atoms with Crippen LogP contribution >= 0.6 is 11.3 Å². The molecule has 0 unspecified atom stereocenters. The first-order valence-electron chi connectivity index (χ1n) is 6.94. The number of halogens is 1. The zero-order valence-corrected chi connectivity index (χ0v) is 13.0. The number of amides is 1. The minimum atomic E-state index is -0.651. The highest BCUT2D eigenvalue weighted by Crippen LogP contribution is 2.20. The molecule has 0 bridgehead atoms. The van der Waals surface area contributed by atoms with Gasteiger partial charge in [0, 0.05) is 17.8 Å². The van der Waals surface area contributed by atoms with Crippen molar-refractivity contribution in [2.24, 2.45) is 0 Å². The fourth-order valence-electron chi connectivity index (χ4n) is 2.23. The molecule has 0 saturated carbocycles. The zero-order chi connectivity index (χ0) is 15.7. The lowest BCUT2D eigenvalue weighted by Gasteiger charge is -2.13. The molecule has 0 saturated heterocycles. The summed E-state index contributed by atoms with van der Waals surface area (Å²) in [6, 6.07) is 3.26. The van der Waals surface area contributed by atoms with Crippen LogP contribution in [0.25, 0.3) is 5.65 Å². The van der Waals surface area contributed by atoms with Crippen LogP contribution in [-0.4, -0.2) is 20.3 Å². The van der Waals surface area contributed by atoms with Gasteiger partial charge in [-0.2, -0.15) is 4.39 Å². The average molecular weight is 318 g/mol. The van der Waals surface area contributed by atoms with E-state index in [0.717, 1.165) is 10.6 Å². The van der Waals surface area contributed by atoms with Crippen molar-refractivity contribution >= 4 is 22.9 Å². The van der Waals surface area contributed by atoms with Gasteiger partial charge in [-0.05, 0) is 31.0 Å². The summed E-state index contributed by atoms with van der Waals surface area (Å²) < 4.78 is 15.6. The number of thiazole rings is 1. The highest BCUT2D eigenvalue weighted by atomic mass is 32.1. The Morgan fingerprint density at radius 3 is 3.05 bits per heavy atom. The maximum Gasteiger partial charge on any atom is 0.275 e. The number of imidazole rings is 1. The number of aromatic nitrogens is 3. The van der Waals surface area contributed by atoms with E-state index in [1.54, 1.807) is 24.5 Å². The third kappa shape index (κ3) is 2.59. The Kier molecular flexibility index (Phi) is 3.89. The highest BCUT2D eigenvalue weighted by Gasteiger charge is 2.22. The van der Waals surface area contributed by atoms with E-state index in [9.17, 15) is 9.18 Å². The van der Waals surface area contributed by atoms with Gasteiger partial charge < -0.3 is 5.32 Å². The maximum absolute atomic E-state index is 14.3. The maximum atomic E-state index is 14.3. The van der Waals surface area contributed by atoms with Gasteiger partial charge in [0.2, 0.25) is 5.95 Å². The third-order valence-corrected chi connectivity index (χ3v) is 4.29. The third-order valence-electron chi connectivity index (χ3n) is 3.40. The molecule has 114 valence electrons. The first-order valence-corrected chi connectivity index (χ1v) is 7.82. The van der Waals surface area contributed by atoms with Crippen LogP contribution < -0.4 is 5.32 Å². The van der Waals surface area contributed by atoms with Crippen molar-refractivity contribution in [2.75, 3.05) is 0 Å². The van der Waals surface area contributed by atoms with E-state index in [2.05, 4.69) is 15.3 Å². The van der Waals surface area contributed by atoms with Gasteiger partial charge in [-0.3, -0.25) is 9.20 Å². The molecular formula is C15H15FN4OS. The average Bonchev–Trinajstić information content (AvgIpc) is 3.13. The Balaban J connectivity index is 1.90. The summed E-state index contributed by atoms with van der Waals surface area (Å²) in [5.74, 6) is -1.18. The van der Waals surface area contributed by atoms with Crippen molar-refractivity contribution in [3.63, 3.8) is 0 Å². The highest BCUT2D eigenvalue weighted by molar-refractivity contribution is 7.09. The molecule has 0 aliphatic carbocycles. The number of nitrogens with one attached hydrogen (secondary N) is 1. The van der Waals surface area contributed by atoms with E-state index in [1.165, 1.54) is 15.7 Å². The van der Waals surface area contributed by atoms with Crippen molar-refractivity contribution in [1.82, 2.24) is 19.7 Å². The van der Waals surface area contributed by atoms with Gasteiger partial charge in [0.1, 0.15) is 10.7 Å². The largest absolute Gasteiger partial charge is 0.341 e.